The Bertz CT molecular complexity index is 337. The number of aliphatic hydroxyl groups is 1. The molecule has 2 nitrogen and oxygen atoms in total. The minimum Gasteiger partial charge on any atom is -0.493 e. The van der Waals surface area contributed by atoms with E-state index in [2.05, 4.69) is 20.8 Å². The van der Waals surface area contributed by atoms with Crippen LogP contribution in [-0.4, -0.2) is 11.7 Å². The molecule has 0 atom stereocenters. The number of rotatable bonds is 4. The van der Waals surface area contributed by atoms with Gasteiger partial charge in [-0.15, -0.1) is 0 Å². The molecule has 0 saturated heterocycles. The Hall–Kier alpha value is -1.02. The quantitative estimate of drug-likeness (QED) is 0.847. The van der Waals surface area contributed by atoms with Crippen LogP contribution in [0.5, 0.6) is 5.75 Å². The monoisotopic (exact) mass is 222 g/mol. The van der Waals surface area contributed by atoms with Crippen LogP contribution in [-0.2, 0) is 6.61 Å². The van der Waals surface area contributed by atoms with Crippen LogP contribution >= 0.6 is 0 Å². The summed E-state index contributed by atoms with van der Waals surface area (Å²) in [4.78, 5) is 0. The molecule has 0 unspecified atom stereocenters. The van der Waals surface area contributed by atoms with Crippen molar-refractivity contribution in [2.24, 2.45) is 5.41 Å². The molecule has 0 aliphatic heterocycles. The van der Waals surface area contributed by atoms with E-state index in [0.29, 0.717) is 6.61 Å². The maximum atomic E-state index is 9.22. The largest absolute Gasteiger partial charge is 0.493 e. The molecule has 0 amide bonds. The van der Waals surface area contributed by atoms with Gasteiger partial charge in [0.1, 0.15) is 5.75 Å². The minimum atomic E-state index is 0.0343. The van der Waals surface area contributed by atoms with Gasteiger partial charge >= 0.3 is 0 Å². The predicted molar refractivity (Wildman–Crippen MR) is 66.7 cm³/mol. The van der Waals surface area contributed by atoms with Crippen molar-refractivity contribution in [1.82, 2.24) is 0 Å². The highest BCUT2D eigenvalue weighted by atomic mass is 16.5. The Morgan fingerprint density at radius 1 is 1.25 bits per heavy atom. The lowest BCUT2D eigenvalue weighted by atomic mass is 9.93. The number of ether oxygens (including phenoxy) is 1. The molecule has 0 bridgehead atoms. The van der Waals surface area contributed by atoms with Crippen LogP contribution in [0.4, 0.5) is 0 Å². The summed E-state index contributed by atoms with van der Waals surface area (Å²) in [6.45, 7) is 9.32. The van der Waals surface area contributed by atoms with Crippen LogP contribution < -0.4 is 4.74 Å². The molecule has 1 aromatic carbocycles. The first-order valence-electron chi connectivity index (χ1n) is 5.76. The van der Waals surface area contributed by atoms with E-state index >= 15 is 0 Å². The molecule has 0 aliphatic rings. The van der Waals surface area contributed by atoms with Gasteiger partial charge in [-0.1, -0.05) is 39.0 Å². The first-order chi connectivity index (χ1) is 7.44. The van der Waals surface area contributed by atoms with Gasteiger partial charge in [0.05, 0.1) is 13.2 Å². The van der Waals surface area contributed by atoms with E-state index in [1.54, 1.807) is 0 Å². The van der Waals surface area contributed by atoms with E-state index in [4.69, 9.17) is 4.74 Å². The molecule has 90 valence electrons. The molecule has 0 aromatic heterocycles. The molecule has 0 heterocycles. The SMILES string of the molecule is Cc1cccc(CO)c1OCCC(C)(C)C. The van der Waals surface area contributed by atoms with Crippen LogP contribution in [0.3, 0.4) is 0 Å². The minimum absolute atomic E-state index is 0.0343. The van der Waals surface area contributed by atoms with Crippen LogP contribution in [0.25, 0.3) is 0 Å². The van der Waals surface area contributed by atoms with E-state index in [9.17, 15) is 5.11 Å². The Morgan fingerprint density at radius 2 is 1.94 bits per heavy atom. The van der Waals surface area contributed by atoms with Gasteiger partial charge in [0, 0.05) is 5.56 Å². The molecule has 1 rings (SSSR count). The highest BCUT2D eigenvalue weighted by Crippen LogP contribution is 2.25. The smallest absolute Gasteiger partial charge is 0.127 e. The van der Waals surface area contributed by atoms with Crippen LogP contribution in [0.2, 0.25) is 0 Å². The Morgan fingerprint density at radius 3 is 2.50 bits per heavy atom. The van der Waals surface area contributed by atoms with Gasteiger partial charge in [-0.2, -0.15) is 0 Å². The van der Waals surface area contributed by atoms with E-state index in [1.165, 1.54) is 0 Å². The van der Waals surface area contributed by atoms with Crippen molar-refractivity contribution in [1.29, 1.82) is 0 Å². The normalized spacial score (nSPS) is 11.6. The summed E-state index contributed by atoms with van der Waals surface area (Å²) < 4.78 is 5.77. The molecule has 0 spiro atoms. The summed E-state index contributed by atoms with van der Waals surface area (Å²) >= 11 is 0. The fraction of sp³-hybridized carbons (Fsp3) is 0.571. The third-order valence-corrected chi connectivity index (χ3v) is 2.56. The van der Waals surface area contributed by atoms with E-state index in [-0.39, 0.29) is 12.0 Å². The zero-order valence-electron chi connectivity index (χ0n) is 10.7. The van der Waals surface area contributed by atoms with Gasteiger partial charge in [0.2, 0.25) is 0 Å². The number of hydrogen-bond acceptors (Lipinski definition) is 2. The Labute approximate surface area is 98.3 Å². The van der Waals surface area contributed by atoms with Gasteiger partial charge in [-0.25, -0.2) is 0 Å². The third-order valence-electron chi connectivity index (χ3n) is 2.56. The molecule has 0 aliphatic carbocycles. The lowest BCUT2D eigenvalue weighted by Gasteiger charge is -2.19. The molecular weight excluding hydrogens is 200 g/mol. The number of benzene rings is 1. The van der Waals surface area contributed by atoms with Crippen molar-refractivity contribution >= 4 is 0 Å². The molecule has 1 aromatic rings. The number of aryl methyl sites for hydroxylation is 1. The molecule has 0 saturated carbocycles. The standard InChI is InChI=1S/C14H22O2/c1-11-6-5-7-12(10-15)13(11)16-9-8-14(2,3)4/h5-7,15H,8-10H2,1-4H3. The van der Waals surface area contributed by atoms with Crippen LogP contribution in [0.1, 0.15) is 38.3 Å². The zero-order chi connectivity index (χ0) is 12.2. The maximum Gasteiger partial charge on any atom is 0.127 e. The summed E-state index contributed by atoms with van der Waals surface area (Å²) in [5, 5.41) is 9.22. The number of para-hydroxylation sites is 1. The molecule has 0 fully saturated rings. The molecule has 1 N–H and O–H groups in total. The van der Waals surface area contributed by atoms with Crippen molar-refractivity contribution in [2.45, 2.75) is 40.7 Å². The van der Waals surface area contributed by atoms with E-state index in [1.807, 2.05) is 25.1 Å². The third kappa shape index (κ3) is 3.86. The highest BCUT2D eigenvalue weighted by Gasteiger charge is 2.11. The second-order valence-electron chi connectivity index (χ2n) is 5.38. The van der Waals surface area contributed by atoms with Crippen LogP contribution in [0, 0.1) is 12.3 Å². The van der Waals surface area contributed by atoms with Crippen molar-refractivity contribution in [3.63, 3.8) is 0 Å². The van der Waals surface area contributed by atoms with Gasteiger partial charge in [-0.3, -0.25) is 0 Å². The number of hydrogen-bond donors (Lipinski definition) is 1. The number of aliphatic hydroxyl groups excluding tert-OH is 1. The van der Waals surface area contributed by atoms with E-state index < -0.39 is 0 Å². The molecule has 0 radical (unpaired) electrons. The summed E-state index contributed by atoms with van der Waals surface area (Å²) in [5.74, 6) is 0.842. The summed E-state index contributed by atoms with van der Waals surface area (Å²) in [6.07, 6.45) is 1.01. The van der Waals surface area contributed by atoms with Crippen molar-refractivity contribution < 1.29 is 9.84 Å². The maximum absolute atomic E-state index is 9.22. The first-order valence-corrected chi connectivity index (χ1v) is 5.76. The second-order valence-corrected chi connectivity index (χ2v) is 5.38. The van der Waals surface area contributed by atoms with Crippen molar-refractivity contribution in [3.05, 3.63) is 29.3 Å². The molecule has 2 heteroatoms. The topological polar surface area (TPSA) is 29.5 Å². The average Bonchev–Trinajstić information content (AvgIpc) is 2.18. The summed E-state index contributed by atoms with van der Waals surface area (Å²) in [6, 6.07) is 5.85. The lowest BCUT2D eigenvalue weighted by molar-refractivity contribution is 0.229. The average molecular weight is 222 g/mol. The van der Waals surface area contributed by atoms with Gasteiger partial charge < -0.3 is 9.84 Å². The molecule has 16 heavy (non-hydrogen) atoms. The first kappa shape index (κ1) is 13.0. The Balaban J connectivity index is 2.66. The summed E-state index contributed by atoms with van der Waals surface area (Å²) in [7, 11) is 0. The highest BCUT2D eigenvalue weighted by molar-refractivity contribution is 5.40. The molecular formula is C14H22O2. The zero-order valence-corrected chi connectivity index (χ0v) is 10.7. The van der Waals surface area contributed by atoms with Crippen molar-refractivity contribution in [2.75, 3.05) is 6.61 Å². The predicted octanol–water partition coefficient (Wildman–Crippen LogP) is 3.30. The van der Waals surface area contributed by atoms with E-state index in [0.717, 1.165) is 23.3 Å². The fourth-order valence-corrected chi connectivity index (χ4v) is 1.50. The van der Waals surface area contributed by atoms with Gasteiger partial charge in [-0.05, 0) is 24.3 Å². The Kier molecular flexibility index (Phi) is 4.36. The summed E-state index contributed by atoms with van der Waals surface area (Å²) in [5.41, 5.74) is 2.23. The van der Waals surface area contributed by atoms with Crippen LogP contribution in [0.15, 0.2) is 18.2 Å². The van der Waals surface area contributed by atoms with Gasteiger partial charge in [0.25, 0.3) is 0 Å². The second kappa shape index (κ2) is 5.35. The van der Waals surface area contributed by atoms with Gasteiger partial charge in [0.15, 0.2) is 0 Å². The lowest BCUT2D eigenvalue weighted by Crippen LogP contribution is -2.12. The van der Waals surface area contributed by atoms with Crippen molar-refractivity contribution in [3.8, 4) is 5.75 Å². The fourth-order valence-electron chi connectivity index (χ4n) is 1.50.